The van der Waals surface area contributed by atoms with Crippen LogP contribution in [0.5, 0.6) is 0 Å². The number of amides is 1. The number of rotatable bonds is 16. The lowest BCUT2D eigenvalue weighted by molar-refractivity contribution is -0.348. The molecule has 7 N–H and O–H groups in total. The highest BCUT2D eigenvalue weighted by Gasteiger charge is 2.51. The van der Waals surface area contributed by atoms with Crippen LogP contribution in [0.3, 0.4) is 0 Å². The van der Waals surface area contributed by atoms with E-state index in [1.807, 2.05) is 0 Å². The molecule has 0 saturated carbocycles. The normalized spacial score (nSPS) is 36.2. The van der Waals surface area contributed by atoms with E-state index in [4.69, 9.17) is 18.9 Å². The quantitative estimate of drug-likeness (QED) is 0.0604. The Morgan fingerprint density at radius 1 is 0.838 bits per heavy atom. The average molecular weight is 540 g/mol. The molecular weight excluding hydrogens is 498 g/mol. The molecule has 0 radical (unpaired) electrons. The minimum atomic E-state index is -1.73. The summed E-state index contributed by atoms with van der Waals surface area (Å²) in [7, 11) is 1.36. The monoisotopic (exact) mass is 539 g/mol. The molecule has 1 amide bonds. The van der Waals surface area contributed by atoms with E-state index < -0.39 is 74.6 Å². The number of methoxy groups -OCH3 is 1. The van der Waals surface area contributed by atoms with E-state index in [1.54, 1.807) is 0 Å². The Kier molecular flexibility index (Phi) is 14.2. The molecule has 2 rings (SSSR count). The Morgan fingerprint density at radius 3 is 2.08 bits per heavy atom. The van der Waals surface area contributed by atoms with Gasteiger partial charge < -0.3 is 59.6 Å². The van der Waals surface area contributed by atoms with Crippen LogP contribution in [-0.2, 0) is 33.3 Å². The third-order valence-corrected chi connectivity index (χ3v) is 6.54. The number of unbranched alkanes of at least 4 members (excludes halogenated alkanes) is 5. The van der Waals surface area contributed by atoms with Gasteiger partial charge >= 0.3 is 5.97 Å². The van der Waals surface area contributed by atoms with Crippen LogP contribution in [-0.4, -0.2) is 131 Å². The van der Waals surface area contributed by atoms with Crippen LogP contribution >= 0.6 is 0 Å². The molecule has 2 fully saturated rings. The number of carbonyl (C=O) groups is 2. The first-order chi connectivity index (χ1) is 17.8. The summed E-state index contributed by atoms with van der Waals surface area (Å²) in [6.07, 6.45) is -7.02. The fourth-order valence-corrected chi connectivity index (χ4v) is 4.35. The van der Waals surface area contributed by atoms with Gasteiger partial charge in [0.25, 0.3) is 0 Å². The standard InChI is InChI=1S/C23H41NO13/c1-33-15(28)8-6-4-2-3-5-7-9-34-22-16(24-12-27)18(30)21(14(11-26)36-22)37-23-20(32)19(31)17(29)13(10-25)35-23/h12-14,16-23,25-26,29-32H,2-11H2,1H3,(H,24,27)/t13?,14?,16?,17-,18?,19?,20?,21+,22-,23?/m1/s1. The minimum absolute atomic E-state index is 0.219. The fraction of sp³-hybridized carbons (Fsp3) is 0.913. The number of carbonyl (C=O) groups excluding carboxylic acids is 2. The number of aliphatic hydroxyl groups is 6. The molecule has 10 atom stereocenters. The number of nitrogens with one attached hydrogen (secondary N) is 1. The van der Waals surface area contributed by atoms with Crippen molar-refractivity contribution in [3.63, 3.8) is 0 Å². The third-order valence-electron chi connectivity index (χ3n) is 6.54. The number of ether oxygens (including phenoxy) is 5. The number of hydrogen-bond acceptors (Lipinski definition) is 13. The SMILES string of the molecule is COC(=O)CCCCCCCCO[C@@H]1OC(CO)[C@H](OC2OC(CO)[C@@H](O)C(O)C2O)C(O)C1NC=O. The van der Waals surface area contributed by atoms with Crippen molar-refractivity contribution in [1.29, 1.82) is 0 Å². The Balaban J connectivity index is 1.87. The van der Waals surface area contributed by atoms with Crippen LogP contribution in [0.4, 0.5) is 0 Å². The first-order valence-corrected chi connectivity index (χ1v) is 12.6. The summed E-state index contributed by atoms with van der Waals surface area (Å²) in [6.45, 7) is -1.03. The molecule has 14 heteroatoms. The van der Waals surface area contributed by atoms with Gasteiger partial charge in [-0.05, 0) is 12.8 Å². The molecular formula is C23H41NO13. The minimum Gasteiger partial charge on any atom is -0.469 e. The van der Waals surface area contributed by atoms with E-state index in [2.05, 4.69) is 10.1 Å². The molecule has 14 nitrogen and oxygen atoms in total. The van der Waals surface area contributed by atoms with Gasteiger partial charge in [0.05, 0.1) is 20.3 Å². The second-order valence-electron chi connectivity index (χ2n) is 9.14. The van der Waals surface area contributed by atoms with Gasteiger partial charge in [-0.1, -0.05) is 25.7 Å². The van der Waals surface area contributed by atoms with Crippen molar-refractivity contribution < 1.29 is 63.9 Å². The largest absolute Gasteiger partial charge is 0.469 e. The highest BCUT2D eigenvalue weighted by Crippen LogP contribution is 2.29. The zero-order chi connectivity index (χ0) is 27.4. The second kappa shape index (κ2) is 16.5. The molecule has 0 aromatic rings. The van der Waals surface area contributed by atoms with E-state index in [-0.39, 0.29) is 12.6 Å². The lowest BCUT2D eigenvalue weighted by atomic mass is 9.95. The van der Waals surface area contributed by atoms with Gasteiger partial charge in [0.1, 0.15) is 48.8 Å². The van der Waals surface area contributed by atoms with Crippen LogP contribution in [0, 0.1) is 0 Å². The highest BCUT2D eigenvalue weighted by molar-refractivity contribution is 5.68. The number of hydrogen-bond donors (Lipinski definition) is 7. The highest BCUT2D eigenvalue weighted by atomic mass is 16.7. The van der Waals surface area contributed by atoms with Crippen molar-refractivity contribution in [2.24, 2.45) is 0 Å². The predicted octanol–water partition coefficient (Wildman–Crippen LogP) is -2.72. The van der Waals surface area contributed by atoms with Crippen molar-refractivity contribution in [1.82, 2.24) is 5.32 Å². The first-order valence-electron chi connectivity index (χ1n) is 12.6. The van der Waals surface area contributed by atoms with Crippen LogP contribution in [0.25, 0.3) is 0 Å². The van der Waals surface area contributed by atoms with E-state index in [9.17, 15) is 40.2 Å². The predicted molar refractivity (Wildman–Crippen MR) is 124 cm³/mol. The summed E-state index contributed by atoms with van der Waals surface area (Å²) in [4.78, 5) is 22.3. The van der Waals surface area contributed by atoms with Crippen molar-refractivity contribution in [2.45, 2.75) is 106 Å². The van der Waals surface area contributed by atoms with Crippen LogP contribution in [0.1, 0.15) is 44.9 Å². The first kappa shape index (κ1) is 31.8. The molecule has 0 spiro atoms. The van der Waals surface area contributed by atoms with E-state index in [0.29, 0.717) is 19.3 Å². The van der Waals surface area contributed by atoms with Gasteiger partial charge in [0, 0.05) is 13.0 Å². The van der Waals surface area contributed by atoms with E-state index >= 15 is 0 Å². The summed E-state index contributed by atoms with van der Waals surface area (Å²) in [5.41, 5.74) is 0. The van der Waals surface area contributed by atoms with Gasteiger partial charge in [0.2, 0.25) is 6.41 Å². The molecule has 2 heterocycles. The molecule has 0 aliphatic carbocycles. The summed E-state index contributed by atoms with van der Waals surface area (Å²) in [5.74, 6) is -0.219. The molecule has 2 aliphatic heterocycles. The van der Waals surface area contributed by atoms with Crippen molar-refractivity contribution >= 4 is 12.4 Å². The Hall–Kier alpha value is -1.46. The van der Waals surface area contributed by atoms with Gasteiger partial charge in [-0.3, -0.25) is 9.59 Å². The van der Waals surface area contributed by atoms with Gasteiger partial charge in [0.15, 0.2) is 12.6 Å². The molecule has 216 valence electrons. The van der Waals surface area contributed by atoms with Crippen molar-refractivity contribution in [3.8, 4) is 0 Å². The van der Waals surface area contributed by atoms with Crippen molar-refractivity contribution in [3.05, 3.63) is 0 Å². The van der Waals surface area contributed by atoms with Gasteiger partial charge in [-0.25, -0.2) is 0 Å². The summed E-state index contributed by atoms with van der Waals surface area (Å²) >= 11 is 0. The van der Waals surface area contributed by atoms with Gasteiger partial charge in [-0.15, -0.1) is 0 Å². The maximum absolute atomic E-state index is 11.2. The lowest BCUT2D eigenvalue weighted by Crippen LogP contribution is -2.67. The third kappa shape index (κ3) is 9.06. The lowest BCUT2D eigenvalue weighted by Gasteiger charge is -2.46. The van der Waals surface area contributed by atoms with E-state index in [0.717, 1.165) is 32.1 Å². The Bertz CT molecular complexity index is 669. The summed E-state index contributed by atoms with van der Waals surface area (Å²) < 4.78 is 27.0. The number of esters is 1. The molecule has 2 aliphatic rings. The summed E-state index contributed by atoms with van der Waals surface area (Å²) in [5, 5.41) is 62.7. The molecule has 0 bridgehead atoms. The molecule has 0 aromatic carbocycles. The molecule has 7 unspecified atom stereocenters. The van der Waals surface area contributed by atoms with Crippen LogP contribution in [0.2, 0.25) is 0 Å². The fourth-order valence-electron chi connectivity index (χ4n) is 4.35. The smallest absolute Gasteiger partial charge is 0.305 e. The zero-order valence-corrected chi connectivity index (χ0v) is 21.0. The molecule has 0 aromatic heterocycles. The molecule has 2 saturated heterocycles. The Labute approximate surface area is 215 Å². The van der Waals surface area contributed by atoms with Crippen molar-refractivity contribution in [2.75, 3.05) is 26.9 Å². The maximum Gasteiger partial charge on any atom is 0.305 e. The van der Waals surface area contributed by atoms with Crippen LogP contribution < -0.4 is 5.32 Å². The Morgan fingerprint density at radius 2 is 1.46 bits per heavy atom. The maximum atomic E-state index is 11.2. The zero-order valence-electron chi connectivity index (χ0n) is 21.0. The van der Waals surface area contributed by atoms with E-state index in [1.165, 1.54) is 7.11 Å². The molecule has 37 heavy (non-hydrogen) atoms. The topological polar surface area (TPSA) is 214 Å². The average Bonchev–Trinajstić information content (AvgIpc) is 2.90. The summed E-state index contributed by atoms with van der Waals surface area (Å²) in [6, 6.07) is -1.09. The van der Waals surface area contributed by atoms with Gasteiger partial charge in [-0.2, -0.15) is 0 Å². The number of aliphatic hydroxyl groups excluding tert-OH is 6. The second-order valence-corrected chi connectivity index (χ2v) is 9.14. The van der Waals surface area contributed by atoms with Crippen LogP contribution in [0.15, 0.2) is 0 Å².